The fourth-order valence-corrected chi connectivity index (χ4v) is 1.74. The lowest BCUT2D eigenvalue weighted by molar-refractivity contribution is 0.479. The summed E-state index contributed by atoms with van der Waals surface area (Å²) in [7, 11) is 0. The fourth-order valence-electron chi connectivity index (χ4n) is 1.74. The Labute approximate surface area is 94.6 Å². The monoisotopic (exact) mass is 208 g/mol. The van der Waals surface area contributed by atoms with Crippen molar-refractivity contribution in [2.75, 3.05) is 18.4 Å². The number of hydrogen-bond acceptors (Lipinski definition) is 2. The summed E-state index contributed by atoms with van der Waals surface area (Å²) >= 11 is 0. The van der Waals surface area contributed by atoms with E-state index in [1.54, 1.807) is 0 Å². The molecule has 1 heterocycles. The molecule has 0 aromatic heterocycles. The van der Waals surface area contributed by atoms with Crippen molar-refractivity contribution in [3.8, 4) is 0 Å². The largest absolute Gasteiger partial charge is 0.382 e. The Hall–Kier alpha value is -1.02. The molecule has 0 amide bonds. The van der Waals surface area contributed by atoms with Gasteiger partial charge in [0.15, 0.2) is 0 Å². The number of nitrogens with one attached hydrogen (secondary N) is 2. The highest BCUT2D eigenvalue weighted by Gasteiger charge is 2.11. The van der Waals surface area contributed by atoms with Crippen molar-refractivity contribution >= 4 is 5.69 Å². The molecule has 2 nitrogen and oxygen atoms in total. The average molecular weight is 208 g/mol. The molecule has 1 aliphatic heterocycles. The zero-order chi connectivity index (χ0) is 10.9. The molecule has 0 unspecified atom stereocenters. The minimum atomic E-state index is 0. The van der Waals surface area contributed by atoms with Crippen LogP contribution in [0.15, 0.2) is 30.3 Å². The van der Waals surface area contributed by atoms with E-state index in [1.165, 1.54) is 18.5 Å². The molecule has 0 saturated carbocycles. The van der Waals surface area contributed by atoms with Crippen LogP contribution in [0.3, 0.4) is 0 Å². The van der Waals surface area contributed by atoms with Gasteiger partial charge in [-0.1, -0.05) is 32.0 Å². The van der Waals surface area contributed by atoms with Crippen molar-refractivity contribution in [3.63, 3.8) is 0 Å². The third kappa shape index (κ3) is 4.34. The van der Waals surface area contributed by atoms with Crippen LogP contribution in [-0.4, -0.2) is 19.1 Å². The summed E-state index contributed by atoms with van der Waals surface area (Å²) in [5.41, 5.74) is 1.24. The second kappa shape index (κ2) is 7.30. The van der Waals surface area contributed by atoms with Gasteiger partial charge in [-0.05, 0) is 38.1 Å². The van der Waals surface area contributed by atoms with Crippen LogP contribution in [0.5, 0.6) is 0 Å². The number of para-hydroxylation sites is 1. The Morgan fingerprint density at radius 2 is 1.73 bits per heavy atom. The summed E-state index contributed by atoms with van der Waals surface area (Å²) in [5, 5.41) is 6.90. The Morgan fingerprint density at radius 1 is 1.13 bits per heavy atom. The van der Waals surface area contributed by atoms with E-state index in [0.29, 0.717) is 6.04 Å². The molecule has 0 atom stereocenters. The second-order valence-corrected chi connectivity index (χ2v) is 3.53. The van der Waals surface area contributed by atoms with Crippen LogP contribution >= 0.6 is 0 Å². The molecular formula is C13H24N2. The number of rotatable bonds is 2. The molecule has 86 valence electrons. The summed E-state index contributed by atoms with van der Waals surface area (Å²) in [4.78, 5) is 0. The van der Waals surface area contributed by atoms with Crippen molar-refractivity contribution in [2.24, 2.45) is 0 Å². The van der Waals surface area contributed by atoms with Gasteiger partial charge in [-0.2, -0.15) is 0 Å². The predicted molar refractivity (Wildman–Crippen MR) is 69.4 cm³/mol. The van der Waals surface area contributed by atoms with Crippen molar-refractivity contribution in [1.82, 2.24) is 5.32 Å². The highest BCUT2D eigenvalue weighted by molar-refractivity contribution is 5.43. The first-order valence-corrected chi connectivity index (χ1v) is 5.97. The minimum absolute atomic E-state index is 0. The lowest BCUT2D eigenvalue weighted by atomic mass is 10.1. The van der Waals surface area contributed by atoms with Crippen molar-refractivity contribution < 1.29 is 1.43 Å². The summed E-state index contributed by atoms with van der Waals surface area (Å²) < 4.78 is 0. The molecule has 1 saturated heterocycles. The topological polar surface area (TPSA) is 24.1 Å². The molecule has 2 rings (SSSR count). The Kier molecular flexibility index (Phi) is 5.86. The van der Waals surface area contributed by atoms with Crippen LogP contribution in [0.25, 0.3) is 0 Å². The van der Waals surface area contributed by atoms with Crippen LogP contribution < -0.4 is 10.6 Å². The van der Waals surface area contributed by atoms with Crippen molar-refractivity contribution in [2.45, 2.75) is 32.7 Å². The highest BCUT2D eigenvalue weighted by atomic mass is 15.0. The first-order chi connectivity index (χ1) is 7.45. The maximum Gasteiger partial charge on any atom is 0.0342 e. The number of piperidine rings is 1. The first-order valence-electron chi connectivity index (χ1n) is 5.97. The van der Waals surface area contributed by atoms with Gasteiger partial charge in [0.1, 0.15) is 0 Å². The normalized spacial score (nSPS) is 16.4. The molecule has 1 fully saturated rings. The number of benzene rings is 1. The lowest BCUT2D eigenvalue weighted by Crippen LogP contribution is -2.35. The maximum atomic E-state index is 3.54. The standard InChI is InChI=1S/C11H16N2.C2H6.H2/c1-2-4-10(5-3-1)13-11-6-8-12-9-7-11;1-2;/h1-5,11-13H,6-9H2;1-2H3;1H. The van der Waals surface area contributed by atoms with E-state index >= 15 is 0 Å². The van der Waals surface area contributed by atoms with Gasteiger partial charge in [-0.3, -0.25) is 0 Å². The van der Waals surface area contributed by atoms with Crippen LogP contribution in [0, 0.1) is 0 Å². The van der Waals surface area contributed by atoms with Gasteiger partial charge in [0, 0.05) is 13.2 Å². The minimum Gasteiger partial charge on any atom is -0.382 e. The lowest BCUT2D eigenvalue weighted by Gasteiger charge is -2.24. The molecule has 1 aromatic carbocycles. The SMILES string of the molecule is CC.[HH].c1ccc(NC2CCNCC2)cc1. The smallest absolute Gasteiger partial charge is 0.0342 e. The van der Waals surface area contributed by atoms with Gasteiger partial charge in [0.25, 0.3) is 0 Å². The van der Waals surface area contributed by atoms with Gasteiger partial charge >= 0.3 is 0 Å². The van der Waals surface area contributed by atoms with Crippen LogP contribution in [0.2, 0.25) is 0 Å². The van der Waals surface area contributed by atoms with E-state index in [4.69, 9.17) is 0 Å². The van der Waals surface area contributed by atoms with Crippen LogP contribution in [0.4, 0.5) is 5.69 Å². The Bertz CT molecular complexity index is 245. The summed E-state index contributed by atoms with van der Waals surface area (Å²) in [5.74, 6) is 0. The molecule has 2 N–H and O–H groups in total. The van der Waals surface area contributed by atoms with Crippen LogP contribution in [0.1, 0.15) is 28.1 Å². The van der Waals surface area contributed by atoms with E-state index in [1.807, 2.05) is 19.9 Å². The third-order valence-corrected chi connectivity index (χ3v) is 2.48. The quantitative estimate of drug-likeness (QED) is 0.780. The third-order valence-electron chi connectivity index (χ3n) is 2.48. The molecule has 0 radical (unpaired) electrons. The molecule has 0 bridgehead atoms. The molecule has 1 aliphatic rings. The maximum absolute atomic E-state index is 3.54. The molecule has 2 heteroatoms. The van der Waals surface area contributed by atoms with Gasteiger partial charge in [0.05, 0.1) is 0 Å². The van der Waals surface area contributed by atoms with E-state index in [0.717, 1.165) is 13.1 Å². The molecular weight excluding hydrogens is 184 g/mol. The number of hydrogen-bond donors (Lipinski definition) is 2. The van der Waals surface area contributed by atoms with Crippen molar-refractivity contribution in [3.05, 3.63) is 30.3 Å². The summed E-state index contributed by atoms with van der Waals surface area (Å²) in [6.45, 7) is 6.29. The van der Waals surface area contributed by atoms with E-state index in [2.05, 4.69) is 34.9 Å². The van der Waals surface area contributed by atoms with Gasteiger partial charge in [-0.25, -0.2) is 0 Å². The van der Waals surface area contributed by atoms with Crippen LogP contribution in [-0.2, 0) is 0 Å². The van der Waals surface area contributed by atoms with Gasteiger partial charge in [-0.15, -0.1) is 0 Å². The average Bonchev–Trinajstić information content (AvgIpc) is 2.34. The first kappa shape index (κ1) is 12.1. The highest BCUT2D eigenvalue weighted by Crippen LogP contribution is 2.12. The van der Waals surface area contributed by atoms with E-state index in [-0.39, 0.29) is 1.43 Å². The Morgan fingerprint density at radius 3 is 2.33 bits per heavy atom. The zero-order valence-electron chi connectivity index (χ0n) is 9.79. The molecule has 0 spiro atoms. The zero-order valence-corrected chi connectivity index (χ0v) is 9.79. The number of anilines is 1. The Balaban J connectivity index is 0.000000711. The van der Waals surface area contributed by atoms with Gasteiger partial charge < -0.3 is 10.6 Å². The predicted octanol–water partition coefficient (Wildman–Crippen LogP) is 3.12. The van der Waals surface area contributed by atoms with E-state index < -0.39 is 0 Å². The van der Waals surface area contributed by atoms with Gasteiger partial charge in [0.2, 0.25) is 0 Å². The summed E-state index contributed by atoms with van der Waals surface area (Å²) in [6.07, 6.45) is 2.46. The molecule has 0 aliphatic carbocycles. The summed E-state index contributed by atoms with van der Waals surface area (Å²) in [6, 6.07) is 11.1. The second-order valence-electron chi connectivity index (χ2n) is 3.53. The molecule has 15 heavy (non-hydrogen) atoms. The van der Waals surface area contributed by atoms with Crippen molar-refractivity contribution in [1.29, 1.82) is 0 Å². The molecule has 1 aromatic rings. The van der Waals surface area contributed by atoms with E-state index in [9.17, 15) is 0 Å². The fraction of sp³-hybridized carbons (Fsp3) is 0.538.